The van der Waals surface area contributed by atoms with E-state index in [0.29, 0.717) is 19.4 Å². The second kappa shape index (κ2) is 6.81. The van der Waals surface area contributed by atoms with E-state index in [1.165, 1.54) is 29.5 Å². The zero-order valence-electron chi connectivity index (χ0n) is 13.9. The van der Waals surface area contributed by atoms with Gasteiger partial charge in [0.1, 0.15) is 9.75 Å². The molecule has 24 heavy (non-hydrogen) atoms. The number of sulfonamides is 1. The van der Waals surface area contributed by atoms with Gasteiger partial charge in [-0.3, -0.25) is 4.79 Å². The molecule has 0 aromatic carbocycles. The van der Waals surface area contributed by atoms with Crippen LogP contribution in [-0.4, -0.2) is 48.3 Å². The van der Waals surface area contributed by atoms with Crippen LogP contribution in [0.5, 0.6) is 0 Å². The van der Waals surface area contributed by atoms with E-state index in [0.717, 1.165) is 4.88 Å². The normalized spacial score (nSPS) is 19.9. The topological polar surface area (TPSA) is 104 Å². The Kier molecular flexibility index (Phi) is 5.36. The Morgan fingerprint density at radius 3 is 2.58 bits per heavy atom. The van der Waals surface area contributed by atoms with Crippen LogP contribution in [0.2, 0.25) is 0 Å². The fourth-order valence-electron chi connectivity index (χ4n) is 2.52. The van der Waals surface area contributed by atoms with Crippen LogP contribution in [0.1, 0.15) is 31.6 Å². The van der Waals surface area contributed by atoms with Crippen molar-refractivity contribution in [1.82, 2.24) is 9.62 Å². The van der Waals surface area contributed by atoms with Crippen molar-refractivity contribution in [3.8, 4) is 0 Å². The van der Waals surface area contributed by atoms with E-state index in [1.54, 1.807) is 12.1 Å². The van der Waals surface area contributed by atoms with Crippen molar-refractivity contribution in [3.63, 3.8) is 0 Å². The predicted octanol–water partition coefficient (Wildman–Crippen LogP) is 1.44. The van der Waals surface area contributed by atoms with Crippen molar-refractivity contribution in [2.45, 2.75) is 43.4 Å². The highest BCUT2D eigenvalue weighted by molar-refractivity contribution is 7.91. The van der Waals surface area contributed by atoms with E-state index >= 15 is 0 Å². The number of amides is 1. The molecule has 1 fully saturated rings. The van der Waals surface area contributed by atoms with Gasteiger partial charge in [0.2, 0.25) is 5.91 Å². The first kappa shape index (κ1) is 18.9. The lowest BCUT2D eigenvalue weighted by Crippen LogP contribution is -2.54. The number of thiophene rings is 1. The Morgan fingerprint density at radius 2 is 2.04 bits per heavy atom. The van der Waals surface area contributed by atoms with Gasteiger partial charge in [0.25, 0.3) is 10.0 Å². The van der Waals surface area contributed by atoms with Gasteiger partial charge in [-0.2, -0.15) is 4.31 Å². The average Bonchev–Trinajstić information content (AvgIpc) is 2.94. The Bertz CT molecular complexity index is 739. The third kappa shape index (κ3) is 3.96. The standard InChI is InChI=1S/C15H22N2O5S2/c1-10-6-7-12(23-10)24(21,22)17-8-4-5-11(9-17)13(18)16-15(2,3)14(19)20/h6-7,11H,4-5,8-9H2,1-3H3,(H,16,18)(H,19,20). The van der Waals surface area contributed by atoms with E-state index in [9.17, 15) is 18.0 Å². The highest BCUT2D eigenvalue weighted by Crippen LogP contribution is 2.28. The number of hydrogen-bond donors (Lipinski definition) is 2. The van der Waals surface area contributed by atoms with E-state index < -0.39 is 33.4 Å². The van der Waals surface area contributed by atoms with E-state index in [1.807, 2.05) is 6.92 Å². The minimum atomic E-state index is -3.61. The van der Waals surface area contributed by atoms with Gasteiger partial charge in [-0.15, -0.1) is 11.3 Å². The number of rotatable bonds is 5. The molecule has 1 saturated heterocycles. The molecule has 1 amide bonds. The number of carboxylic acid groups (broad SMARTS) is 1. The van der Waals surface area contributed by atoms with Gasteiger partial charge >= 0.3 is 5.97 Å². The van der Waals surface area contributed by atoms with Crippen LogP contribution in [0, 0.1) is 12.8 Å². The lowest BCUT2D eigenvalue weighted by molar-refractivity contribution is -0.146. The molecule has 1 aromatic heterocycles. The molecule has 0 bridgehead atoms. The van der Waals surface area contributed by atoms with Gasteiger partial charge in [0.05, 0.1) is 5.92 Å². The quantitative estimate of drug-likeness (QED) is 0.811. The predicted molar refractivity (Wildman–Crippen MR) is 90.4 cm³/mol. The number of piperidine rings is 1. The zero-order chi connectivity index (χ0) is 18.1. The number of hydrogen-bond acceptors (Lipinski definition) is 5. The first-order valence-corrected chi connectivity index (χ1v) is 9.92. The SMILES string of the molecule is Cc1ccc(S(=O)(=O)N2CCCC(C(=O)NC(C)(C)C(=O)O)C2)s1. The molecule has 7 nitrogen and oxygen atoms in total. The molecule has 134 valence electrons. The van der Waals surface area contributed by atoms with Crippen LogP contribution in [-0.2, 0) is 19.6 Å². The van der Waals surface area contributed by atoms with Crippen LogP contribution in [0.15, 0.2) is 16.3 Å². The van der Waals surface area contributed by atoms with Gasteiger partial charge in [0, 0.05) is 18.0 Å². The fraction of sp³-hybridized carbons (Fsp3) is 0.600. The van der Waals surface area contributed by atoms with Gasteiger partial charge in [-0.25, -0.2) is 13.2 Å². The van der Waals surface area contributed by atoms with E-state index in [4.69, 9.17) is 5.11 Å². The minimum absolute atomic E-state index is 0.0703. The highest BCUT2D eigenvalue weighted by atomic mass is 32.2. The minimum Gasteiger partial charge on any atom is -0.480 e. The van der Waals surface area contributed by atoms with Gasteiger partial charge in [-0.05, 0) is 45.7 Å². The highest BCUT2D eigenvalue weighted by Gasteiger charge is 2.37. The van der Waals surface area contributed by atoms with Crippen molar-refractivity contribution in [2.75, 3.05) is 13.1 Å². The molecular formula is C15H22N2O5S2. The lowest BCUT2D eigenvalue weighted by Gasteiger charge is -2.32. The first-order valence-electron chi connectivity index (χ1n) is 7.66. The van der Waals surface area contributed by atoms with Gasteiger partial charge in [-0.1, -0.05) is 0 Å². The van der Waals surface area contributed by atoms with Gasteiger partial charge < -0.3 is 10.4 Å². The number of carboxylic acids is 1. The molecule has 9 heteroatoms. The zero-order valence-corrected chi connectivity index (χ0v) is 15.5. The van der Waals surface area contributed by atoms with Crippen LogP contribution in [0.3, 0.4) is 0 Å². The number of nitrogens with zero attached hydrogens (tertiary/aromatic N) is 1. The number of aryl methyl sites for hydroxylation is 1. The van der Waals surface area contributed by atoms with Crippen molar-refractivity contribution < 1.29 is 23.1 Å². The second-order valence-electron chi connectivity index (χ2n) is 6.49. The molecule has 0 spiro atoms. The molecule has 2 heterocycles. The Labute approximate surface area is 145 Å². The van der Waals surface area contributed by atoms with Gasteiger partial charge in [0.15, 0.2) is 0 Å². The molecule has 2 N–H and O–H groups in total. The summed E-state index contributed by atoms with van der Waals surface area (Å²) < 4.78 is 26.9. The molecule has 2 rings (SSSR count). The van der Waals surface area contributed by atoms with Crippen LogP contribution in [0.25, 0.3) is 0 Å². The van der Waals surface area contributed by atoms with E-state index in [2.05, 4.69) is 5.32 Å². The number of carbonyl (C=O) groups is 2. The number of aliphatic carboxylic acids is 1. The van der Waals surface area contributed by atoms with Crippen LogP contribution < -0.4 is 5.32 Å². The monoisotopic (exact) mass is 374 g/mol. The average molecular weight is 374 g/mol. The summed E-state index contributed by atoms with van der Waals surface area (Å²) in [6.45, 7) is 5.08. The van der Waals surface area contributed by atoms with Crippen molar-refractivity contribution in [2.24, 2.45) is 5.92 Å². The summed E-state index contributed by atoms with van der Waals surface area (Å²) in [5.41, 5.74) is -1.39. The Hall–Kier alpha value is -1.45. The molecular weight excluding hydrogens is 352 g/mol. The second-order valence-corrected chi connectivity index (χ2v) is 9.94. The summed E-state index contributed by atoms with van der Waals surface area (Å²) in [5, 5.41) is 11.6. The third-order valence-electron chi connectivity index (χ3n) is 4.04. The number of carbonyl (C=O) groups excluding carboxylic acids is 1. The van der Waals surface area contributed by atoms with Crippen LogP contribution in [0.4, 0.5) is 0 Å². The summed E-state index contributed by atoms with van der Waals surface area (Å²) in [6.07, 6.45) is 1.10. The lowest BCUT2D eigenvalue weighted by atomic mass is 9.96. The molecule has 1 aliphatic heterocycles. The van der Waals surface area contributed by atoms with Crippen LogP contribution >= 0.6 is 11.3 Å². The van der Waals surface area contributed by atoms with Crippen molar-refractivity contribution >= 4 is 33.2 Å². The van der Waals surface area contributed by atoms with Crippen molar-refractivity contribution in [3.05, 3.63) is 17.0 Å². The molecule has 0 saturated carbocycles. The maximum atomic E-state index is 12.7. The summed E-state index contributed by atoms with van der Waals surface area (Å²) in [5.74, 6) is -2.11. The number of nitrogens with one attached hydrogen (secondary N) is 1. The molecule has 1 atom stereocenters. The maximum Gasteiger partial charge on any atom is 0.328 e. The smallest absolute Gasteiger partial charge is 0.328 e. The molecule has 0 radical (unpaired) electrons. The summed E-state index contributed by atoms with van der Waals surface area (Å²) in [4.78, 5) is 24.4. The summed E-state index contributed by atoms with van der Waals surface area (Å²) in [6, 6.07) is 3.33. The Morgan fingerprint density at radius 1 is 1.38 bits per heavy atom. The molecule has 1 aliphatic rings. The van der Waals surface area contributed by atoms with Crippen molar-refractivity contribution in [1.29, 1.82) is 0 Å². The molecule has 1 aromatic rings. The largest absolute Gasteiger partial charge is 0.480 e. The molecule has 0 aliphatic carbocycles. The van der Waals surface area contributed by atoms with E-state index in [-0.39, 0.29) is 10.8 Å². The summed E-state index contributed by atoms with van der Waals surface area (Å²) in [7, 11) is -3.61. The summed E-state index contributed by atoms with van der Waals surface area (Å²) >= 11 is 1.20. The first-order chi connectivity index (χ1) is 11.0. The fourth-order valence-corrected chi connectivity index (χ4v) is 5.48. The molecule has 1 unspecified atom stereocenters. The maximum absolute atomic E-state index is 12.7. The third-order valence-corrected chi connectivity index (χ3v) is 7.37. The Balaban J connectivity index is 2.12.